The number of hydrogen-bond donors (Lipinski definition) is 1. The van der Waals surface area contributed by atoms with Gasteiger partial charge in [-0.25, -0.2) is 26.3 Å². The van der Waals surface area contributed by atoms with Crippen LogP contribution in [0.5, 0.6) is 0 Å². The average Bonchev–Trinajstić information content (AvgIpc) is 2.51. The van der Waals surface area contributed by atoms with Crippen molar-refractivity contribution >= 4 is 8.32 Å². The molecule has 1 N–H and O–H groups in total. The third-order valence-corrected chi connectivity index (χ3v) is 8.40. The van der Waals surface area contributed by atoms with Gasteiger partial charge in [0.1, 0.15) is 0 Å². The number of halogens is 6. The van der Waals surface area contributed by atoms with E-state index in [0.29, 0.717) is 18.2 Å². The van der Waals surface area contributed by atoms with E-state index in [1.165, 1.54) is 18.2 Å². The smallest absolute Gasteiger partial charge is 0.274 e. The Morgan fingerprint density at radius 1 is 0.615 bits per heavy atom. The zero-order valence-electron chi connectivity index (χ0n) is 13.5. The molecule has 3 aliphatic rings. The van der Waals surface area contributed by atoms with Crippen molar-refractivity contribution < 1.29 is 31.1 Å². The first-order chi connectivity index (χ1) is 11.9. The summed E-state index contributed by atoms with van der Waals surface area (Å²) < 4.78 is 83.1. The van der Waals surface area contributed by atoms with Crippen LogP contribution in [-0.4, -0.2) is 30.9 Å². The van der Waals surface area contributed by atoms with Crippen LogP contribution >= 0.6 is 0 Å². The van der Waals surface area contributed by atoms with E-state index in [0.717, 1.165) is 18.2 Å². The van der Waals surface area contributed by atoms with Crippen LogP contribution in [-0.2, 0) is 0 Å². The molecule has 0 amide bonds. The highest BCUT2D eigenvalue weighted by Gasteiger charge is 2.51. The molecule has 0 aromatic rings. The van der Waals surface area contributed by atoms with Crippen LogP contribution in [0, 0.1) is 0 Å². The highest BCUT2D eigenvalue weighted by atomic mass is 28.4. The highest BCUT2D eigenvalue weighted by molar-refractivity contribution is 6.92. The molecule has 0 spiro atoms. The Morgan fingerprint density at radius 3 is 1.12 bits per heavy atom. The molecular formula is C18H16F6OSi. The Labute approximate surface area is 147 Å². The van der Waals surface area contributed by atoms with Crippen LogP contribution in [0.4, 0.5) is 26.3 Å². The lowest BCUT2D eigenvalue weighted by atomic mass is 10.1. The van der Waals surface area contributed by atoms with Gasteiger partial charge in [-0.1, -0.05) is 36.5 Å². The first-order valence-corrected chi connectivity index (χ1v) is 9.91. The normalized spacial score (nSPS) is 26.2. The maximum atomic E-state index is 13.8. The van der Waals surface area contributed by atoms with E-state index in [-0.39, 0.29) is 15.6 Å². The van der Waals surface area contributed by atoms with E-state index in [9.17, 15) is 31.1 Å². The van der Waals surface area contributed by atoms with Crippen molar-refractivity contribution in [2.24, 2.45) is 0 Å². The van der Waals surface area contributed by atoms with Gasteiger partial charge >= 0.3 is 0 Å². The van der Waals surface area contributed by atoms with Gasteiger partial charge in [-0.15, -0.1) is 0 Å². The molecule has 0 radical (unpaired) electrons. The average molecular weight is 390 g/mol. The number of allylic oxidation sites excluding steroid dienone is 12. The summed E-state index contributed by atoms with van der Waals surface area (Å²) in [4.78, 5) is 11.4. The summed E-state index contributed by atoms with van der Waals surface area (Å²) in [5.74, 6) is -9.81. The van der Waals surface area contributed by atoms with E-state index in [1.807, 2.05) is 0 Å². The Hall–Kier alpha value is -1.80. The van der Waals surface area contributed by atoms with Crippen LogP contribution in [0.1, 0.15) is 19.3 Å². The molecule has 1 nitrogen and oxygen atoms in total. The third-order valence-electron chi connectivity index (χ3n) is 4.59. The lowest BCUT2D eigenvalue weighted by molar-refractivity contribution is 0.0529. The molecule has 0 saturated carbocycles. The van der Waals surface area contributed by atoms with Crippen molar-refractivity contribution in [3.8, 4) is 0 Å². The zero-order valence-corrected chi connectivity index (χ0v) is 14.5. The lowest BCUT2D eigenvalue weighted by Crippen LogP contribution is -2.48. The first kappa shape index (κ1) is 19.0. The molecule has 26 heavy (non-hydrogen) atoms. The second-order valence-electron chi connectivity index (χ2n) is 6.68. The Bertz CT molecular complexity index is 683. The largest absolute Gasteiger partial charge is 0.421 e. The molecule has 0 aromatic heterocycles. The van der Waals surface area contributed by atoms with Crippen molar-refractivity contribution in [1.29, 1.82) is 0 Å². The number of rotatable bonds is 3. The predicted octanol–water partition coefficient (Wildman–Crippen LogP) is 5.11. The minimum Gasteiger partial charge on any atom is -0.421 e. The van der Waals surface area contributed by atoms with Gasteiger partial charge in [0, 0.05) is 19.3 Å². The van der Waals surface area contributed by atoms with Crippen molar-refractivity contribution in [3.63, 3.8) is 0 Å². The second-order valence-corrected chi connectivity index (χ2v) is 10.0. The van der Waals surface area contributed by atoms with E-state index in [4.69, 9.17) is 0 Å². The molecule has 0 fully saturated rings. The molecule has 8 heteroatoms. The topological polar surface area (TPSA) is 20.2 Å². The van der Waals surface area contributed by atoms with Crippen LogP contribution in [0.25, 0.3) is 0 Å². The fourth-order valence-electron chi connectivity index (χ4n) is 3.39. The Kier molecular flexibility index (Phi) is 4.47. The Balaban J connectivity index is 2.11. The Morgan fingerprint density at radius 2 is 0.885 bits per heavy atom. The minimum absolute atomic E-state index is 0.153. The van der Waals surface area contributed by atoms with E-state index in [2.05, 4.69) is 0 Å². The fourth-order valence-corrected chi connectivity index (χ4v) is 7.12. The summed E-state index contributed by atoms with van der Waals surface area (Å²) in [6.45, 7) is 0. The molecule has 3 rings (SSSR count). The van der Waals surface area contributed by atoms with Gasteiger partial charge in [-0.3, -0.25) is 0 Å². The quantitative estimate of drug-likeness (QED) is 0.525. The van der Waals surface area contributed by atoms with Crippen molar-refractivity contribution in [1.82, 2.24) is 0 Å². The molecule has 0 aliphatic heterocycles. The lowest BCUT2D eigenvalue weighted by Gasteiger charge is -2.38. The van der Waals surface area contributed by atoms with Gasteiger partial charge in [0.05, 0.1) is 0 Å². The maximum Gasteiger partial charge on any atom is 0.274 e. The molecule has 3 aliphatic carbocycles. The minimum atomic E-state index is -4.32. The number of hydrogen-bond acceptors (Lipinski definition) is 1. The summed E-state index contributed by atoms with van der Waals surface area (Å²) in [6, 6.07) is 0. The predicted molar refractivity (Wildman–Crippen MR) is 88.3 cm³/mol. The standard InChI is InChI=1S/C18H16F6OSi/c19-16(20)7-1-4-13(10-16)26(25,14-5-2-8-17(21,22)11-14)15-6-3-9-18(23,24)12-15/h1-9,25H,10-12H2. The first-order valence-electron chi connectivity index (χ1n) is 7.96. The van der Waals surface area contributed by atoms with Crippen molar-refractivity contribution in [2.45, 2.75) is 37.0 Å². The monoisotopic (exact) mass is 390 g/mol. The van der Waals surface area contributed by atoms with Gasteiger partial charge in [-0.05, 0) is 33.8 Å². The summed E-state index contributed by atoms with van der Waals surface area (Å²) in [5, 5.41) is -0.459. The summed E-state index contributed by atoms with van der Waals surface area (Å²) in [5.41, 5.74) is 0. The molecule has 0 atom stereocenters. The molecule has 140 valence electrons. The SMILES string of the molecule is O[Si](C1=CC=CC(F)(F)C1)(C1=CC=CC(F)(F)C1)C1=CC=CC(F)(F)C1. The van der Waals surface area contributed by atoms with Gasteiger partial charge in [0.2, 0.25) is 0 Å². The van der Waals surface area contributed by atoms with Crippen molar-refractivity contribution in [3.05, 3.63) is 70.3 Å². The molecule has 0 aromatic carbocycles. The van der Waals surface area contributed by atoms with E-state index < -0.39 is 45.3 Å². The fraction of sp³-hybridized carbons (Fsp3) is 0.333. The third kappa shape index (κ3) is 3.66. The second kappa shape index (κ2) is 6.13. The molecule has 0 saturated heterocycles. The van der Waals surface area contributed by atoms with Crippen molar-refractivity contribution in [2.75, 3.05) is 0 Å². The van der Waals surface area contributed by atoms with Gasteiger partial charge in [-0.2, -0.15) is 0 Å². The van der Waals surface area contributed by atoms with Crippen LogP contribution < -0.4 is 0 Å². The number of alkyl halides is 6. The van der Waals surface area contributed by atoms with E-state index >= 15 is 0 Å². The van der Waals surface area contributed by atoms with Crippen LogP contribution in [0.2, 0.25) is 0 Å². The van der Waals surface area contributed by atoms with Crippen LogP contribution in [0.3, 0.4) is 0 Å². The summed E-state index contributed by atoms with van der Waals surface area (Å²) in [6.07, 6.45) is 6.07. The van der Waals surface area contributed by atoms with E-state index in [1.54, 1.807) is 0 Å². The molecule has 0 heterocycles. The summed E-state index contributed by atoms with van der Waals surface area (Å²) in [7, 11) is -4.32. The maximum absolute atomic E-state index is 13.8. The molecule has 0 bridgehead atoms. The van der Waals surface area contributed by atoms with Gasteiger partial charge in [0.25, 0.3) is 26.1 Å². The van der Waals surface area contributed by atoms with Gasteiger partial charge < -0.3 is 4.80 Å². The summed E-state index contributed by atoms with van der Waals surface area (Å²) >= 11 is 0. The molecular weight excluding hydrogens is 374 g/mol. The highest BCUT2D eigenvalue weighted by Crippen LogP contribution is 2.45. The molecule has 0 unspecified atom stereocenters. The van der Waals surface area contributed by atoms with Gasteiger partial charge in [0.15, 0.2) is 0 Å². The van der Waals surface area contributed by atoms with Crippen LogP contribution in [0.15, 0.2) is 70.3 Å². The zero-order chi connectivity index (χ0) is 19.2.